The number of unbranched alkanes of at least 4 members (excludes halogenated alkanes) is 1. The maximum atomic E-state index is 13.1. The Morgan fingerprint density at radius 2 is 2.04 bits per heavy atom. The largest absolute Gasteiger partial charge is 0.361 e. The second-order valence-electron chi connectivity index (χ2n) is 5.45. The van der Waals surface area contributed by atoms with E-state index in [9.17, 15) is 4.39 Å². The van der Waals surface area contributed by atoms with Gasteiger partial charge in [0.05, 0.1) is 23.3 Å². The van der Waals surface area contributed by atoms with Crippen molar-refractivity contribution in [2.24, 2.45) is 5.10 Å². The first-order valence-corrected chi connectivity index (χ1v) is 8.32. The van der Waals surface area contributed by atoms with Crippen molar-refractivity contribution in [2.75, 3.05) is 6.54 Å². The van der Waals surface area contributed by atoms with E-state index in [2.05, 4.69) is 27.9 Å². The molecule has 0 bridgehead atoms. The Labute approximate surface area is 147 Å². The third-order valence-corrected chi connectivity index (χ3v) is 3.83. The van der Waals surface area contributed by atoms with Crippen molar-refractivity contribution in [3.8, 4) is 5.69 Å². The van der Waals surface area contributed by atoms with Gasteiger partial charge in [0.2, 0.25) is 0 Å². The Morgan fingerprint density at radius 1 is 1.33 bits per heavy atom. The molecule has 0 fully saturated rings. The van der Waals surface area contributed by atoms with Gasteiger partial charge in [-0.05, 0) is 56.8 Å². The maximum absolute atomic E-state index is 13.1. The molecule has 0 radical (unpaired) electrons. The number of thiocarbonyl (C=S) groups is 1. The summed E-state index contributed by atoms with van der Waals surface area (Å²) in [5.41, 5.74) is 6.28. The number of hydrazone groups is 1. The molecule has 0 unspecified atom stereocenters. The van der Waals surface area contributed by atoms with Crippen LogP contribution < -0.4 is 10.7 Å². The summed E-state index contributed by atoms with van der Waals surface area (Å²) < 4.78 is 14.8. The Morgan fingerprint density at radius 3 is 2.71 bits per heavy atom. The first kappa shape index (κ1) is 18.1. The second-order valence-corrected chi connectivity index (χ2v) is 5.86. The predicted octanol–water partition coefficient (Wildman–Crippen LogP) is 3.23. The van der Waals surface area contributed by atoms with E-state index in [-0.39, 0.29) is 5.82 Å². The van der Waals surface area contributed by atoms with E-state index < -0.39 is 0 Å². The van der Waals surface area contributed by atoms with Gasteiger partial charge in [0.25, 0.3) is 0 Å². The Balaban J connectivity index is 2.07. The lowest BCUT2D eigenvalue weighted by Gasteiger charge is -2.05. The molecule has 0 saturated heterocycles. The number of benzene rings is 1. The van der Waals surface area contributed by atoms with Crippen LogP contribution in [0.1, 0.15) is 36.7 Å². The number of hydrogen-bond acceptors (Lipinski definition) is 3. The topological polar surface area (TPSA) is 54.2 Å². The van der Waals surface area contributed by atoms with Crippen LogP contribution >= 0.6 is 12.2 Å². The number of halogens is 1. The van der Waals surface area contributed by atoms with Gasteiger partial charge in [-0.1, -0.05) is 13.3 Å². The molecule has 0 aliphatic carbocycles. The average molecular weight is 347 g/mol. The van der Waals surface area contributed by atoms with Crippen molar-refractivity contribution in [1.29, 1.82) is 0 Å². The molecule has 0 amide bonds. The van der Waals surface area contributed by atoms with E-state index in [0.717, 1.165) is 42.0 Å². The molecule has 7 heteroatoms. The highest BCUT2D eigenvalue weighted by Gasteiger charge is 2.11. The Hall–Kier alpha value is -2.28. The normalized spacial score (nSPS) is 11.0. The van der Waals surface area contributed by atoms with Gasteiger partial charge in [0.15, 0.2) is 5.11 Å². The van der Waals surface area contributed by atoms with Crippen LogP contribution in [0.15, 0.2) is 29.4 Å². The standard InChI is InChI=1S/C17H22FN5S/c1-4-5-10-19-17(24)21-20-11-16-12(2)22-23(13(16)3)15-8-6-14(18)7-9-15/h6-9,11H,4-5,10H2,1-3H3,(H2,19,21,24)/b20-11-. The molecule has 24 heavy (non-hydrogen) atoms. The zero-order valence-electron chi connectivity index (χ0n) is 14.1. The van der Waals surface area contributed by atoms with Crippen molar-refractivity contribution < 1.29 is 4.39 Å². The molecule has 0 atom stereocenters. The molecule has 128 valence electrons. The summed E-state index contributed by atoms with van der Waals surface area (Å²) in [6.07, 6.45) is 3.87. The van der Waals surface area contributed by atoms with Gasteiger partial charge >= 0.3 is 0 Å². The number of rotatable bonds is 6. The lowest BCUT2D eigenvalue weighted by molar-refractivity contribution is 0.627. The van der Waals surface area contributed by atoms with Crippen LogP contribution in [0, 0.1) is 19.7 Å². The van der Waals surface area contributed by atoms with E-state index in [4.69, 9.17) is 12.2 Å². The summed E-state index contributed by atoms with van der Waals surface area (Å²) in [4.78, 5) is 0. The van der Waals surface area contributed by atoms with Crippen molar-refractivity contribution in [1.82, 2.24) is 20.5 Å². The van der Waals surface area contributed by atoms with Crippen LogP contribution in [0.2, 0.25) is 0 Å². The number of aromatic nitrogens is 2. The van der Waals surface area contributed by atoms with Crippen molar-refractivity contribution in [3.05, 3.63) is 47.0 Å². The molecule has 2 rings (SSSR count). The zero-order valence-corrected chi connectivity index (χ0v) is 15.0. The van der Waals surface area contributed by atoms with Crippen molar-refractivity contribution in [2.45, 2.75) is 33.6 Å². The number of nitrogens with zero attached hydrogens (tertiary/aromatic N) is 3. The van der Waals surface area contributed by atoms with Crippen LogP contribution in [-0.4, -0.2) is 27.7 Å². The van der Waals surface area contributed by atoms with E-state index in [1.54, 1.807) is 23.0 Å². The van der Waals surface area contributed by atoms with Gasteiger partial charge in [0.1, 0.15) is 5.82 Å². The quantitative estimate of drug-likeness (QED) is 0.365. The number of nitrogens with one attached hydrogen (secondary N) is 2. The van der Waals surface area contributed by atoms with Crippen molar-refractivity contribution >= 4 is 23.5 Å². The summed E-state index contributed by atoms with van der Waals surface area (Å²) in [6.45, 7) is 6.81. The summed E-state index contributed by atoms with van der Waals surface area (Å²) in [5.74, 6) is -0.268. The molecule has 1 heterocycles. The molecule has 1 aromatic carbocycles. The van der Waals surface area contributed by atoms with Crippen LogP contribution in [0.25, 0.3) is 5.69 Å². The third kappa shape index (κ3) is 4.61. The monoisotopic (exact) mass is 347 g/mol. The molecule has 0 aliphatic rings. The van der Waals surface area contributed by atoms with Gasteiger partial charge in [-0.25, -0.2) is 9.07 Å². The van der Waals surface area contributed by atoms with Crippen LogP contribution in [-0.2, 0) is 0 Å². The molecular formula is C17H22FN5S. The first-order valence-electron chi connectivity index (χ1n) is 7.92. The molecule has 0 aliphatic heterocycles. The highest BCUT2D eigenvalue weighted by molar-refractivity contribution is 7.80. The fraction of sp³-hybridized carbons (Fsp3) is 0.353. The Kier molecular flexibility index (Phi) is 6.43. The van der Waals surface area contributed by atoms with Crippen LogP contribution in [0.3, 0.4) is 0 Å². The lowest BCUT2D eigenvalue weighted by atomic mass is 10.2. The van der Waals surface area contributed by atoms with E-state index >= 15 is 0 Å². The first-order chi connectivity index (χ1) is 11.5. The molecule has 0 saturated carbocycles. The maximum Gasteiger partial charge on any atom is 0.186 e. The minimum atomic E-state index is -0.268. The molecule has 2 aromatic rings. The SMILES string of the molecule is CCCCNC(=S)N/N=C\c1c(C)nn(-c2ccc(F)cc2)c1C. The van der Waals surface area contributed by atoms with Gasteiger partial charge in [-0.2, -0.15) is 10.2 Å². The molecule has 5 nitrogen and oxygen atoms in total. The van der Waals surface area contributed by atoms with E-state index in [1.807, 2.05) is 13.8 Å². The lowest BCUT2D eigenvalue weighted by Crippen LogP contribution is -2.32. The number of hydrogen-bond donors (Lipinski definition) is 2. The van der Waals surface area contributed by atoms with Gasteiger partial charge in [-0.15, -0.1) is 0 Å². The van der Waals surface area contributed by atoms with E-state index in [1.165, 1.54) is 12.1 Å². The number of aryl methyl sites for hydroxylation is 1. The molecule has 0 spiro atoms. The summed E-state index contributed by atoms with van der Waals surface area (Å²) in [7, 11) is 0. The summed E-state index contributed by atoms with van der Waals surface area (Å²) in [6, 6.07) is 6.23. The van der Waals surface area contributed by atoms with Gasteiger partial charge in [0, 0.05) is 12.1 Å². The van der Waals surface area contributed by atoms with Crippen LogP contribution in [0.5, 0.6) is 0 Å². The van der Waals surface area contributed by atoms with Gasteiger partial charge in [-0.3, -0.25) is 5.43 Å². The minimum Gasteiger partial charge on any atom is -0.361 e. The molecular weight excluding hydrogens is 325 g/mol. The summed E-state index contributed by atoms with van der Waals surface area (Å²) in [5, 5.41) is 12.3. The third-order valence-electron chi connectivity index (χ3n) is 3.59. The fourth-order valence-corrected chi connectivity index (χ4v) is 2.40. The Bertz CT molecular complexity index is 721. The fourth-order valence-electron chi connectivity index (χ4n) is 2.25. The van der Waals surface area contributed by atoms with E-state index in [0.29, 0.717) is 5.11 Å². The average Bonchev–Trinajstić information content (AvgIpc) is 2.84. The van der Waals surface area contributed by atoms with Crippen LogP contribution in [0.4, 0.5) is 4.39 Å². The highest BCUT2D eigenvalue weighted by atomic mass is 32.1. The highest BCUT2D eigenvalue weighted by Crippen LogP contribution is 2.16. The molecule has 1 aromatic heterocycles. The minimum absolute atomic E-state index is 0.268. The van der Waals surface area contributed by atoms with Gasteiger partial charge < -0.3 is 5.32 Å². The zero-order chi connectivity index (χ0) is 17.5. The van der Waals surface area contributed by atoms with Crippen molar-refractivity contribution in [3.63, 3.8) is 0 Å². The molecule has 2 N–H and O–H groups in total. The summed E-state index contributed by atoms with van der Waals surface area (Å²) >= 11 is 5.15. The predicted molar refractivity (Wildman–Crippen MR) is 99.2 cm³/mol. The second kappa shape index (κ2) is 8.54. The smallest absolute Gasteiger partial charge is 0.186 e.